The van der Waals surface area contributed by atoms with Gasteiger partial charge in [0, 0.05) is 5.02 Å². The average Bonchev–Trinajstić information content (AvgIpc) is 2.11. The summed E-state index contributed by atoms with van der Waals surface area (Å²) in [7, 11) is 0. The van der Waals surface area contributed by atoms with E-state index in [9.17, 15) is 0 Å². The molecule has 0 amide bonds. The van der Waals surface area contributed by atoms with Crippen molar-refractivity contribution in [2.24, 2.45) is 0 Å². The first-order valence-corrected chi connectivity index (χ1v) is 4.33. The first-order chi connectivity index (χ1) is 6.13. The van der Waals surface area contributed by atoms with Crippen molar-refractivity contribution in [1.29, 1.82) is 5.26 Å². The van der Waals surface area contributed by atoms with Crippen LogP contribution >= 0.6 is 11.6 Å². The molecule has 0 spiro atoms. The Morgan fingerprint density at radius 2 is 2.23 bits per heavy atom. The lowest BCUT2D eigenvalue weighted by atomic mass is 10.2. The molecule has 3 heteroatoms. The number of halogens is 1. The van der Waals surface area contributed by atoms with Gasteiger partial charge in [0.2, 0.25) is 0 Å². The van der Waals surface area contributed by atoms with Gasteiger partial charge >= 0.3 is 0 Å². The molecule has 0 aromatic heterocycles. The molecule has 1 aromatic carbocycles. The molecule has 0 aliphatic rings. The summed E-state index contributed by atoms with van der Waals surface area (Å²) in [4.78, 5) is 0. The van der Waals surface area contributed by atoms with Crippen LogP contribution in [0, 0.1) is 18.3 Å². The lowest BCUT2D eigenvalue weighted by Gasteiger charge is -2.08. The maximum absolute atomic E-state index is 8.52. The van der Waals surface area contributed by atoms with Crippen molar-refractivity contribution in [2.45, 2.75) is 20.0 Å². The molecule has 0 saturated heterocycles. The molecule has 1 aromatic rings. The molecule has 0 aliphatic heterocycles. The Labute approximate surface area is 82.7 Å². The number of ether oxygens (including phenoxy) is 1. The predicted molar refractivity (Wildman–Crippen MR) is 51.9 cm³/mol. The molecule has 0 N–H and O–H groups in total. The van der Waals surface area contributed by atoms with Crippen molar-refractivity contribution in [1.82, 2.24) is 0 Å². The van der Waals surface area contributed by atoms with Crippen LogP contribution in [0.1, 0.15) is 12.5 Å². The highest BCUT2D eigenvalue weighted by atomic mass is 35.5. The first kappa shape index (κ1) is 9.88. The lowest BCUT2D eigenvalue weighted by molar-refractivity contribution is 0.276. The van der Waals surface area contributed by atoms with Crippen LogP contribution in [-0.2, 0) is 0 Å². The van der Waals surface area contributed by atoms with Gasteiger partial charge in [-0.1, -0.05) is 11.6 Å². The molecule has 0 radical (unpaired) electrons. The van der Waals surface area contributed by atoms with Crippen LogP contribution in [0.4, 0.5) is 0 Å². The molecule has 1 rings (SSSR count). The fourth-order valence-corrected chi connectivity index (χ4v) is 1.04. The van der Waals surface area contributed by atoms with Crippen molar-refractivity contribution < 1.29 is 4.74 Å². The summed E-state index contributed by atoms with van der Waals surface area (Å²) in [5.41, 5.74) is 0.948. The number of benzene rings is 1. The highest BCUT2D eigenvalue weighted by Crippen LogP contribution is 2.21. The third-order valence-corrected chi connectivity index (χ3v) is 2.05. The van der Waals surface area contributed by atoms with E-state index >= 15 is 0 Å². The van der Waals surface area contributed by atoms with Crippen LogP contribution in [0.5, 0.6) is 5.75 Å². The van der Waals surface area contributed by atoms with Gasteiger partial charge in [0.1, 0.15) is 11.8 Å². The quantitative estimate of drug-likeness (QED) is 0.727. The number of aryl methyl sites for hydroxylation is 1. The lowest BCUT2D eigenvalue weighted by Crippen LogP contribution is -2.07. The van der Waals surface area contributed by atoms with Gasteiger partial charge in [-0.3, -0.25) is 0 Å². The largest absolute Gasteiger partial charge is 0.476 e. The Kier molecular flexibility index (Phi) is 3.16. The van der Waals surface area contributed by atoms with E-state index in [0.29, 0.717) is 10.8 Å². The third kappa shape index (κ3) is 2.64. The number of hydrogen-bond donors (Lipinski definition) is 0. The zero-order chi connectivity index (χ0) is 9.84. The maximum Gasteiger partial charge on any atom is 0.181 e. The van der Waals surface area contributed by atoms with Crippen LogP contribution < -0.4 is 4.74 Å². The van der Waals surface area contributed by atoms with Crippen molar-refractivity contribution in [2.75, 3.05) is 0 Å². The number of hydrogen-bond acceptors (Lipinski definition) is 2. The van der Waals surface area contributed by atoms with Crippen molar-refractivity contribution in [3.63, 3.8) is 0 Å². The Hall–Kier alpha value is -1.20. The van der Waals surface area contributed by atoms with Crippen molar-refractivity contribution >= 4 is 11.6 Å². The SMILES string of the molecule is Cc1cc(OC(C)C#N)ccc1Cl. The van der Waals surface area contributed by atoms with E-state index in [0.717, 1.165) is 5.56 Å². The molecule has 0 saturated carbocycles. The fraction of sp³-hybridized carbons (Fsp3) is 0.300. The summed E-state index contributed by atoms with van der Waals surface area (Å²) < 4.78 is 5.28. The van der Waals surface area contributed by atoms with Crippen LogP contribution in [0.15, 0.2) is 18.2 Å². The topological polar surface area (TPSA) is 33.0 Å². The minimum absolute atomic E-state index is 0.430. The van der Waals surface area contributed by atoms with E-state index in [1.165, 1.54) is 0 Å². The number of rotatable bonds is 2. The van der Waals surface area contributed by atoms with Crippen LogP contribution in [0.3, 0.4) is 0 Å². The van der Waals surface area contributed by atoms with Crippen molar-refractivity contribution in [3.05, 3.63) is 28.8 Å². The van der Waals surface area contributed by atoms with E-state index in [1.807, 2.05) is 19.1 Å². The van der Waals surface area contributed by atoms with E-state index in [-0.39, 0.29) is 0 Å². The van der Waals surface area contributed by atoms with E-state index in [2.05, 4.69) is 0 Å². The second-order valence-corrected chi connectivity index (χ2v) is 3.21. The highest BCUT2D eigenvalue weighted by Gasteiger charge is 2.02. The van der Waals surface area contributed by atoms with Crippen LogP contribution in [0.25, 0.3) is 0 Å². The minimum Gasteiger partial charge on any atom is -0.476 e. The van der Waals surface area contributed by atoms with Gasteiger partial charge < -0.3 is 4.74 Å². The molecule has 68 valence electrons. The Bertz CT molecular complexity index is 343. The molecule has 1 unspecified atom stereocenters. The third-order valence-electron chi connectivity index (χ3n) is 1.62. The molecule has 0 aliphatic carbocycles. The summed E-state index contributed by atoms with van der Waals surface area (Å²) in [6.07, 6.45) is -0.430. The fourth-order valence-electron chi connectivity index (χ4n) is 0.921. The monoisotopic (exact) mass is 195 g/mol. The molecular weight excluding hydrogens is 186 g/mol. The van der Waals surface area contributed by atoms with Crippen LogP contribution in [0.2, 0.25) is 5.02 Å². The normalized spacial score (nSPS) is 11.8. The Balaban J connectivity index is 2.81. The maximum atomic E-state index is 8.52. The summed E-state index contributed by atoms with van der Waals surface area (Å²) in [6.45, 7) is 3.59. The standard InChI is InChI=1S/C10H10ClNO/c1-7-5-9(3-4-10(7)11)13-8(2)6-12/h3-5,8H,1-2H3. The van der Waals surface area contributed by atoms with Gasteiger partial charge in [-0.2, -0.15) is 5.26 Å². The minimum atomic E-state index is -0.430. The molecule has 1 atom stereocenters. The number of nitrogens with zero attached hydrogens (tertiary/aromatic N) is 1. The zero-order valence-electron chi connectivity index (χ0n) is 7.54. The van der Waals surface area contributed by atoms with Gasteiger partial charge in [-0.15, -0.1) is 0 Å². The summed E-state index contributed by atoms with van der Waals surface area (Å²) in [6, 6.07) is 7.32. The van der Waals surface area contributed by atoms with Gasteiger partial charge in [0.15, 0.2) is 6.10 Å². The number of nitriles is 1. The summed E-state index contributed by atoms with van der Waals surface area (Å²) in [5.74, 6) is 0.677. The highest BCUT2D eigenvalue weighted by molar-refractivity contribution is 6.31. The molecule has 2 nitrogen and oxygen atoms in total. The van der Waals surface area contributed by atoms with E-state index in [4.69, 9.17) is 21.6 Å². The van der Waals surface area contributed by atoms with Gasteiger partial charge in [0.05, 0.1) is 0 Å². The second-order valence-electron chi connectivity index (χ2n) is 2.80. The van der Waals surface area contributed by atoms with Crippen LogP contribution in [-0.4, -0.2) is 6.10 Å². The molecule has 0 heterocycles. The second kappa shape index (κ2) is 4.15. The smallest absolute Gasteiger partial charge is 0.181 e. The van der Waals surface area contributed by atoms with Gasteiger partial charge in [-0.05, 0) is 37.6 Å². The summed E-state index contributed by atoms with van der Waals surface area (Å²) >= 11 is 5.83. The molecule has 0 bridgehead atoms. The van der Waals surface area contributed by atoms with E-state index < -0.39 is 6.10 Å². The van der Waals surface area contributed by atoms with Crippen molar-refractivity contribution in [3.8, 4) is 11.8 Å². The molecular formula is C10H10ClNO. The predicted octanol–water partition coefficient (Wildman–Crippen LogP) is 2.94. The van der Waals surface area contributed by atoms with Gasteiger partial charge in [0.25, 0.3) is 0 Å². The molecule has 0 fully saturated rings. The molecule has 13 heavy (non-hydrogen) atoms. The summed E-state index contributed by atoms with van der Waals surface area (Å²) in [5, 5.41) is 9.22. The zero-order valence-corrected chi connectivity index (χ0v) is 8.30. The average molecular weight is 196 g/mol. The Morgan fingerprint density at radius 3 is 2.77 bits per heavy atom. The van der Waals surface area contributed by atoms with Gasteiger partial charge in [-0.25, -0.2) is 0 Å². The first-order valence-electron chi connectivity index (χ1n) is 3.96. The van der Waals surface area contributed by atoms with E-state index in [1.54, 1.807) is 19.1 Å². The Morgan fingerprint density at radius 1 is 1.54 bits per heavy atom.